The predicted molar refractivity (Wildman–Crippen MR) is 126 cm³/mol. The van der Waals surface area contributed by atoms with Crippen LogP contribution < -0.4 is 14.9 Å². The molecule has 2 aromatic rings. The van der Waals surface area contributed by atoms with Crippen molar-refractivity contribution in [1.29, 1.82) is 0 Å². The van der Waals surface area contributed by atoms with Crippen LogP contribution in [0.1, 0.15) is 48.5 Å². The number of hydrogen-bond acceptors (Lipinski definition) is 7. The molecule has 2 N–H and O–H groups in total. The van der Waals surface area contributed by atoms with Crippen LogP contribution in [0.5, 0.6) is 0 Å². The lowest BCUT2D eigenvalue weighted by molar-refractivity contribution is 0.0782. The zero-order chi connectivity index (χ0) is 21.6. The Labute approximate surface area is 192 Å². The number of hydrogen-bond donors (Lipinski definition) is 2. The first-order valence-corrected chi connectivity index (χ1v) is 12.6. The van der Waals surface area contributed by atoms with Gasteiger partial charge in [-0.05, 0) is 69.6 Å². The highest BCUT2D eigenvalue weighted by Crippen LogP contribution is 2.45. The number of carbonyl (C=O) groups is 1. The van der Waals surface area contributed by atoms with E-state index in [1.54, 1.807) is 28.0 Å². The molecule has 0 unspecified atom stereocenters. The summed E-state index contributed by atoms with van der Waals surface area (Å²) in [6.07, 6.45) is 8.51. The molecule has 0 radical (unpaired) electrons. The van der Waals surface area contributed by atoms with E-state index in [-0.39, 0.29) is 11.4 Å². The summed E-state index contributed by atoms with van der Waals surface area (Å²) in [6.45, 7) is 10.1. The van der Waals surface area contributed by atoms with E-state index in [9.17, 15) is 4.79 Å². The van der Waals surface area contributed by atoms with Crippen LogP contribution in [0.15, 0.2) is 35.1 Å². The molecule has 2 aromatic heterocycles. The number of aromatic nitrogens is 2. The Morgan fingerprint density at radius 3 is 2.81 bits per heavy atom. The second-order valence-corrected chi connectivity index (χ2v) is 11.3. The van der Waals surface area contributed by atoms with Gasteiger partial charge >= 0.3 is 0 Å². The quantitative estimate of drug-likeness (QED) is 0.619. The normalized spacial score (nSPS) is 21.0. The Morgan fingerprint density at radius 1 is 1.35 bits per heavy atom. The Kier molecular flexibility index (Phi) is 5.62. The summed E-state index contributed by atoms with van der Waals surface area (Å²) in [7, 11) is 1.90. The van der Waals surface area contributed by atoms with E-state index in [4.69, 9.17) is 0 Å². The van der Waals surface area contributed by atoms with Crippen molar-refractivity contribution in [1.82, 2.24) is 24.7 Å². The summed E-state index contributed by atoms with van der Waals surface area (Å²) in [6, 6.07) is 2.06. The Balaban J connectivity index is 1.43. The average Bonchev–Trinajstić information content (AvgIpc) is 3.15. The van der Waals surface area contributed by atoms with Crippen LogP contribution in [0.3, 0.4) is 0 Å². The number of piperidine rings is 1. The summed E-state index contributed by atoms with van der Waals surface area (Å²) >= 11 is 3.37. The smallest absolute Gasteiger partial charge is 0.262 e. The van der Waals surface area contributed by atoms with Gasteiger partial charge < -0.3 is 10.2 Å². The van der Waals surface area contributed by atoms with E-state index in [0.717, 1.165) is 58.6 Å². The summed E-state index contributed by atoms with van der Waals surface area (Å²) in [5, 5.41) is 8.76. The van der Waals surface area contributed by atoms with E-state index in [0.29, 0.717) is 12.5 Å². The lowest BCUT2D eigenvalue weighted by Gasteiger charge is -2.40. The molecule has 5 rings (SSSR count). The van der Waals surface area contributed by atoms with Crippen LogP contribution in [0.4, 0.5) is 5.00 Å². The van der Waals surface area contributed by atoms with Crippen LogP contribution in [-0.4, -0.2) is 45.8 Å². The van der Waals surface area contributed by atoms with Gasteiger partial charge in [-0.25, -0.2) is 0 Å². The van der Waals surface area contributed by atoms with E-state index in [2.05, 4.69) is 39.6 Å². The maximum Gasteiger partial charge on any atom is 0.262 e. The van der Waals surface area contributed by atoms with Crippen molar-refractivity contribution in [2.75, 3.05) is 24.5 Å². The molecule has 2 fully saturated rings. The number of thiophene rings is 1. The molecular formula is C22H30N6OS2. The first kappa shape index (κ1) is 21.1. The van der Waals surface area contributed by atoms with Gasteiger partial charge in [0.15, 0.2) is 0 Å². The van der Waals surface area contributed by atoms with Crippen LogP contribution in [0.2, 0.25) is 0 Å². The zero-order valence-corrected chi connectivity index (χ0v) is 19.8. The fourth-order valence-electron chi connectivity index (χ4n) is 4.16. The Morgan fingerprint density at radius 2 is 2.13 bits per heavy atom. The lowest BCUT2D eigenvalue weighted by atomic mass is 9.97. The molecule has 1 amide bonds. The van der Waals surface area contributed by atoms with Crippen LogP contribution in [0.25, 0.3) is 0 Å². The summed E-state index contributed by atoms with van der Waals surface area (Å²) in [4.78, 5) is 17.6. The molecule has 0 bridgehead atoms. The van der Waals surface area contributed by atoms with Crippen LogP contribution in [0, 0.1) is 5.92 Å². The zero-order valence-electron chi connectivity index (χ0n) is 18.2. The minimum absolute atomic E-state index is 0.0335. The molecule has 166 valence electrons. The second kappa shape index (κ2) is 8.27. The molecule has 7 nitrogen and oxygen atoms in total. The average molecular weight is 459 g/mol. The molecule has 1 saturated heterocycles. The third-order valence-corrected chi connectivity index (χ3v) is 8.80. The van der Waals surface area contributed by atoms with Crippen molar-refractivity contribution in [3.8, 4) is 0 Å². The minimum atomic E-state index is 0.0335. The van der Waals surface area contributed by atoms with Crippen molar-refractivity contribution in [2.24, 2.45) is 13.0 Å². The predicted octanol–water partition coefficient (Wildman–Crippen LogP) is 3.56. The third kappa shape index (κ3) is 4.41. The van der Waals surface area contributed by atoms with Gasteiger partial charge in [0, 0.05) is 30.9 Å². The fraction of sp³-hybridized carbons (Fsp3) is 0.545. The standard InChI is InChI=1S/C22H30N6OS2/c1-15-27(14-17-11-24-26(3)12-17)20(29)18-10-19(31-25-22(2)6-7-22)30-21(18)28(15)13-16-4-8-23-9-5-16/h10-12,16,23,25H,1,4-9,13-14H2,2-3H3. The molecule has 4 heterocycles. The van der Waals surface area contributed by atoms with Crippen LogP contribution >= 0.6 is 23.3 Å². The van der Waals surface area contributed by atoms with Gasteiger partial charge in [0.2, 0.25) is 0 Å². The molecule has 0 aromatic carbocycles. The first-order valence-electron chi connectivity index (χ1n) is 11.0. The Hall–Kier alpha value is -1.81. The number of amides is 1. The van der Waals surface area contributed by atoms with Gasteiger partial charge in [-0.2, -0.15) is 5.10 Å². The number of aryl methyl sites for hydroxylation is 1. The number of nitrogens with zero attached hydrogens (tertiary/aromatic N) is 4. The molecule has 1 saturated carbocycles. The largest absolute Gasteiger partial charge is 0.319 e. The summed E-state index contributed by atoms with van der Waals surface area (Å²) in [5.74, 6) is 1.41. The fourth-order valence-corrected chi connectivity index (χ4v) is 6.33. The molecule has 2 aliphatic heterocycles. The van der Waals surface area contributed by atoms with E-state index >= 15 is 0 Å². The van der Waals surface area contributed by atoms with E-state index < -0.39 is 0 Å². The molecule has 0 spiro atoms. The van der Waals surface area contributed by atoms with E-state index in [1.165, 1.54) is 12.8 Å². The highest BCUT2D eigenvalue weighted by atomic mass is 32.2. The highest BCUT2D eigenvalue weighted by molar-refractivity contribution is 7.99. The molecule has 1 aliphatic carbocycles. The summed E-state index contributed by atoms with van der Waals surface area (Å²) in [5.41, 5.74) is 2.04. The maximum absolute atomic E-state index is 13.5. The second-order valence-electron chi connectivity index (χ2n) is 9.18. The molecule has 31 heavy (non-hydrogen) atoms. The summed E-state index contributed by atoms with van der Waals surface area (Å²) < 4.78 is 6.49. The lowest BCUT2D eigenvalue weighted by Crippen LogP contribution is -2.45. The van der Waals surface area contributed by atoms with Crippen molar-refractivity contribution < 1.29 is 4.79 Å². The molecule has 3 aliphatic rings. The maximum atomic E-state index is 13.5. The van der Waals surface area contributed by atoms with Crippen molar-refractivity contribution in [3.05, 3.63) is 42.0 Å². The minimum Gasteiger partial charge on any atom is -0.319 e. The highest BCUT2D eigenvalue weighted by Gasteiger charge is 2.39. The monoisotopic (exact) mass is 458 g/mol. The molecule has 0 atom stereocenters. The van der Waals surface area contributed by atoms with E-state index in [1.807, 2.05) is 24.3 Å². The van der Waals surface area contributed by atoms with Gasteiger partial charge in [-0.15, -0.1) is 11.3 Å². The number of nitrogens with one attached hydrogen (secondary N) is 2. The molecule has 9 heteroatoms. The SMILES string of the molecule is C=C1N(Cc2cnn(C)c2)C(=O)c2cc(SNC3(C)CC3)sc2N1CC1CCNCC1. The van der Waals surface area contributed by atoms with Gasteiger partial charge in [-0.3, -0.25) is 19.1 Å². The van der Waals surface area contributed by atoms with Crippen molar-refractivity contribution in [2.45, 2.75) is 48.9 Å². The number of anilines is 1. The third-order valence-electron chi connectivity index (χ3n) is 6.43. The van der Waals surface area contributed by atoms with Crippen molar-refractivity contribution in [3.63, 3.8) is 0 Å². The number of rotatable bonds is 7. The van der Waals surface area contributed by atoms with Gasteiger partial charge in [0.1, 0.15) is 10.8 Å². The number of fused-ring (bicyclic) bond motifs is 1. The van der Waals surface area contributed by atoms with Gasteiger partial charge in [0.25, 0.3) is 5.91 Å². The molecular weight excluding hydrogens is 428 g/mol. The Bertz CT molecular complexity index is 988. The first-order chi connectivity index (χ1) is 14.9. The topological polar surface area (TPSA) is 65.4 Å². The van der Waals surface area contributed by atoms with Gasteiger partial charge in [0.05, 0.1) is 22.5 Å². The van der Waals surface area contributed by atoms with Crippen LogP contribution in [-0.2, 0) is 13.6 Å². The number of carbonyl (C=O) groups excluding carboxylic acids is 1. The van der Waals surface area contributed by atoms with Gasteiger partial charge in [-0.1, -0.05) is 6.58 Å². The van der Waals surface area contributed by atoms with Crippen molar-refractivity contribution >= 4 is 34.2 Å².